The van der Waals surface area contributed by atoms with Gasteiger partial charge in [-0.15, -0.1) is 0 Å². The Kier molecular flexibility index (Phi) is 3.64. The average Bonchev–Trinajstić information content (AvgIpc) is 3.01. The van der Waals surface area contributed by atoms with Crippen LogP contribution in [0.5, 0.6) is 0 Å². The second-order valence-corrected chi connectivity index (χ2v) is 4.77. The number of fused-ring (bicyclic) bond motifs is 1. The van der Waals surface area contributed by atoms with Crippen LogP contribution in [-0.2, 0) is 16.0 Å². The molecule has 0 saturated carbocycles. The van der Waals surface area contributed by atoms with Gasteiger partial charge in [-0.05, 0) is 23.6 Å². The largest absolute Gasteiger partial charge is 0.469 e. The monoisotopic (exact) mass is 281 g/mol. The molecule has 0 amide bonds. The molecule has 0 unspecified atom stereocenters. The highest BCUT2D eigenvalue weighted by atomic mass is 16.5. The average molecular weight is 281 g/mol. The molecule has 0 aliphatic rings. The van der Waals surface area contributed by atoms with Crippen LogP contribution in [0.3, 0.4) is 0 Å². The molecule has 0 radical (unpaired) electrons. The van der Waals surface area contributed by atoms with Gasteiger partial charge in [-0.1, -0.05) is 36.4 Å². The second kappa shape index (κ2) is 5.75. The van der Waals surface area contributed by atoms with Gasteiger partial charge >= 0.3 is 5.97 Å². The molecule has 0 saturated heterocycles. The van der Waals surface area contributed by atoms with Crippen LogP contribution in [0.1, 0.15) is 12.0 Å². The number of esters is 1. The van der Waals surface area contributed by atoms with Gasteiger partial charge in [0.1, 0.15) is 11.0 Å². The number of carbonyl (C=O) groups is 1. The summed E-state index contributed by atoms with van der Waals surface area (Å²) in [5, 5.41) is 11.0. The van der Waals surface area contributed by atoms with Gasteiger partial charge in [0.05, 0.1) is 7.11 Å². The molecular weight excluding hydrogens is 266 g/mol. The normalized spacial score (nSPS) is 10.7. The van der Waals surface area contributed by atoms with E-state index in [9.17, 15) is 4.79 Å². The van der Waals surface area contributed by atoms with Gasteiger partial charge < -0.3 is 4.74 Å². The van der Waals surface area contributed by atoms with Gasteiger partial charge in [0, 0.05) is 12.0 Å². The number of aromatic nitrogens is 3. The van der Waals surface area contributed by atoms with Crippen LogP contribution in [-0.4, -0.2) is 28.5 Å². The standard InChI is InChI=1S/C16H15N3O2/c1-21-15(20)9-8-11-4-2-5-12(10-11)13-6-3-7-14-16(13)18-19-17-14/h2-7,10H,8-9H2,1H3,(H,17,18,19). The maximum Gasteiger partial charge on any atom is 0.305 e. The molecule has 1 heterocycles. The van der Waals surface area contributed by atoms with E-state index in [1.807, 2.05) is 36.4 Å². The Morgan fingerprint density at radius 3 is 2.90 bits per heavy atom. The van der Waals surface area contributed by atoms with Crippen molar-refractivity contribution in [2.75, 3.05) is 7.11 Å². The Morgan fingerprint density at radius 1 is 1.19 bits per heavy atom. The third kappa shape index (κ3) is 2.76. The molecule has 5 nitrogen and oxygen atoms in total. The molecule has 1 N–H and O–H groups in total. The van der Waals surface area contributed by atoms with E-state index in [1.165, 1.54) is 7.11 Å². The van der Waals surface area contributed by atoms with E-state index in [2.05, 4.69) is 26.2 Å². The van der Waals surface area contributed by atoms with Gasteiger partial charge in [-0.2, -0.15) is 15.4 Å². The maximum atomic E-state index is 11.2. The molecule has 106 valence electrons. The molecule has 21 heavy (non-hydrogen) atoms. The topological polar surface area (TPSA) is 67.9 Å². The minimum Gasteiger partial charge on any atom is -0.469 e. The van der Waals surface area contributed by atoms with Crippen LogP contribution in [0.2, 0.25) is 0 Å². The number of rotatable bonds is 4. The lowest BCUT2D eigenvalue weighted by Gasteiger charge is -2.06. The number of para-hydroxylation sites is 1. The summed E-state index contributed by atoms with van der Waals surface area (Å²) in [6.45, 7) is 0. The van der Waals surface area contributed by atoms with Crippen molar-refractivity contribution in [3.05, 3.63) is 48.0 Å². The summed E-state index contributed by atoms with van der Waals surface area (Å²) in [5.74, 6) is -0.195. The number of nitrogens with one attached hydrogen (secondary N) is 1. The quantitative estimate of drug-likeness (QED) is 0.747. The van der Waals surface area contributed by atoms with Crippen molar-refractivity contribution in [1.82, 2.24) is 15.4 Å². The molecule has 0 fully saturated rings. The Morgan fingerprint density at radius 2 is 2.05 bits per heavy atom. The van der Waals surface area contributed by atoms with E-state index >= 15 is 0 Å². The third-order valence-corrected chi connectivity index (χ3v) is 3.43. The zero-order chi connectivity index (χ0) is 14.7. The zero-order valence-electron chi connectivity index (χ0n) is 11.7. The van der Waals surface area contributed by atoms with E-state index < -0.39 is 0 Å². The number of carbonyl (C=O) groups excluding carboxylic acids is 1. The molecule has 1 aromatic heterocycles. The molecule has 0 aliphatic carbocycles. The van der Waals surface area contributed by atoms with Crippen molar-refractivity contribution >= 4 is 17.0 Å². The number of hydrogen-bond donors (Lipinski definition) is 1. The zero-order valence-corrected chi connectivity index (χ0v) is 11.7. The number of ether oxygens (including phenoxy) is 1. The first-order valence-corrected chi connectivity index (χ1v) is 6.73. The Balaban J connectivity index is 1.92. The smallest absolute Gasteiger partial charge is 0.305 e. The lowest BCUT2D eigenvalue weighted by atomic mass is 10.00. The fourth-order valence-corrected chi connectivity index (χ4v) is 2.34. The molecule has 0 spiro atoms. The minimum atomic E-state index is -0.195. The van der Waals surface area contributed by atoms with Crippen molar-refractivity contribution in [2.24, 2.45) is 0 Å². The van der Waals surface area contributed by atoms with E-state index in [0.717, 1.165) is 27.7 Å². The van der Waals surface area contributed by atoms with Gasteiger partial charge in [-0.3, -0.25) is 4.79 Å². The van der Waals surface area contributed by atoms with E-state index in [4.69, 9.17) is 0 Å². The number of H-pyrrole nitrogens is 1. The number of aromatic amines is 1. The Hall–Kier alpha value is -2.69. The van der Waals surface area contributed by atoms with Crippen molar-refractivity contribution in [1.29, 1.82) is 0 Å². The van der Waals surface area contributed by atoms with Gasteiger partial charge in [0.15, 0.2) is 0 Å². The van der Waals surface area contributed by atoms with Crippen LogP contribution in [0.25, 0.3) is 22.2 Å². The van der Waals surface area contributed by atoms with Crippen LogP contribution >= 0.6 is 0 Å². The van der Waals surface area contributed by atoms with Crippen LogP contribution in [0, 0.1) is 0 Å². The first kappa shape index (κ1) is 13.3. The summed E-state index contributed by atoms with van der Waals surface area (Å²) in [6, 6.07) is 14.0. The Bertz CT molecular complexity index is 780. The van der Waals surface area contributed by atoms with Crippen molar-refractivity contribution in [3.8, 4) is 11.1 Å². The van der Waals surface area contributed by atoms with Crippen molar-refractivity contribution in [2.45, 2.75) is 12.8 Å². The highest BCUT2D eigenvalue weighted by Gasteiger charge is 2.08. The molecule has 0 bridgehead atoms. The van der Waals surface area contributed by atoms with Gasteiger partial charge in [0.25, 0.3) is 0 Å². The number of hydrogen-bond acceptors (Lipinski definition) is 4. The van der Waals surface area contributed by atoms with E-state index in [1.54, 1.807) is 0 Å². The van der Waals surface area contributed by atoms with Crippen LogP contribution in [0.15, 0.2) is 42.5 Å². The summed E-state index contributed by atoms with van der Waals surface area (Å²) in [7, 11) is 1.41. The SMILES string of the molecule is COC(=O)CCc1cccc(-c2cccc3n[nH]nc23)c1. The fraction of sp³-hybridized carbons (Fsp3) is 0.188. The molecule has 3 rings (SSSR count). The molecule has 2 aromatic carbocycles. The molecular formula is C16H15N3O2. The number of nitrogens with zero attached hydrogens (tertiary/aromatic N) is 2. The van der Waals surface area contributed by atoms with Crippen LogP contribution < -0.4 is 0 Å². The Labute approximate surface area is 121 Å². The number of aryl methyl sites for hydroxylation is 1. The summed E-state index contributed by atoms with van der Waals surface area (Å²) >= 11 is 0. The lowest BCUT2D eigenvalue weighted by molar-refractivity contribution is -0.140. The van der Waals surface area contributed by atoms with Gasteiger partial charge in [-0.25, -0.2) is 0 Å². The highest BCUT2D eigenvalue weighted by Crippen LogP contribution is 2.26. The fourth-order valence-electron chi connectivity index (χ4n) is 2.34. The van der Waals surface area contributed by atoms with Crippen molar-refractivity contribution < 1.29 is 9.53 Å². The summed E-state index contributed by atoms with van der Waals surface area (Å²) in [4.78, 5) is 11.2. The predicted octanol–water partition coefficient (Wildman–Crippen LogP) is 2.73. The van der Waals surface area contributed by atoms with Gasteiger partial charge in [0.2, 0.25) is 0 Å². The number of benzene rings is 2. The summed E-state index contributed by atoms with van der Waals surface area (Å²) in [6.07, 6.45) is 1.05. The summed E-state index contributed by atoms with van der Waals surface area (Å²) < 4.78 is 4.67. The predicted molar refractivity (Wildman–Crippen MR) is 79.7 cm³/mol. The first-order chi connectivity index (χ1) is 10.3. The molecule has 0 aliphatic heterocycles. The third-order valence-electron chi connectivity index (χ3n) is 3.43. The second-order valence-electron chi connectivity index (χ2n) is 4.77. The summed E-state index contributed by atoms with van der Waals surface area (Å²) in [5.41, 5.74) is 4.88. The van der Waals surface area contributed by atoms with E-state index in [0.29, 0.717) is 12.8 Å². The number of methoxy groups -OCH3 is 1. The molecule has 5 heteroatoms. The minimum absolute atomic E-state index is 0.195. The molecule has 0 atom stereocenters. The molecule has 3 aromatic rings. The lowest BCUT2D eigenvalue weighted by Crippen LogP contribution is -2.01. The van der Waals surface area contributed by atoms with Crippen molar-refractivity contribution in [3.63, 3.8) is 0 Å². The van der Waals surface area contributed by atoms with Crippen LogP contribution in [0.4, 0.5) is 0 Å². The maximum absolute atomic E-state index is 11.2. The van der Waals surface area contributed by atoms with E-state index in [-0.39, 0.29) is 5.97 Å². The first-order valence-electron chi connectivity index (χ1n) is 6.73. The highest BCUT2D eigenvalue weighted by molar-refractivity contribution is 5.91.